The molecule has 1 heterocycles. The maximum absolute atomic E-state index is 12.2. The van der Waals surface area contributed by atoms with Gasteiger partial charge in [0.25, 0.3) is 0 Å². The van der Waals surface area contributed by atoms with E-state index in [-0.39, 0.29) is 11.7 Å². The number of pyridine rings is 1. The van der Waals surface area contributed by atoms with Gasteiger partial charge in [0.05, 0.1) is 5.02 Å². The summed E-state index contributed by atoms with van der Waals surface area (Å²) in [6.07, 6.45) is 3.94. The molecule has 2 aromatic rings. The Balaban J connectivity index is 2.11. The highest BCUT2D eigenvalue weighted by molar-refractivity contribution is 6.31. The Bertz CT molecular complexity index is 539. The van der Waals surface area contributed by atoms with Gasteiger partial charge >= 0.3 is 0 Å². The van der Waals surface area contributed by atoms with E-state index in [2.05, 4.69) is 4.98 Å². The van der Waals surface area contributed by atoms with Gasteiger partial charge in [-0.25, -0.2) is 0 Å². The van der Waals surface area contributed by atoms with Gasteiger partial charge in [0.2, 0.25) is 0 Å². The lowest BCUT2D eigenvalue weighted by molar-refractivity contribution is 0.0929. The van der Waals surface area contributed by atoms with E-state index in [1.54, 1.807) is 12.4 Å². The zero-order chi connectivity index (χ0) is 13.0. The topological polar surface area (TPSA) is 30.0 Å². The van der Waals surface area contributed by atoms with Gasteiger partial charge < -0.3 is 0 Å². The van der Waals surface area contributed by atoms with Gasteiger partial charge in [-0.05, 0) is 18.1 Å². The predicted octanol–water partition coefficient (Wildman–Crippen LogP) is 3.80. The Morgan fingerprint density at radius 2 is 2.00 bits per heavy atom. The predicted molar refractivity (Wildman–Crippen MR) is 72.9 cm³/mol. The number of hydrogen-bond donors (Lipinski definition) is 0. The standard InChI is InChI=1S/C15H14ClNO/c1-11(9-13-7-8-17-10-14(13)16)15(18)12-5-3-2-4-6-12/h2-8,10-11H,9H2,1H3. The van der Waals surface area contributed by atoms with E-state index in [4.69, 9.17) is 11.6 Å². The number of hydrogen-bond acceptors (Lipinski definition) is 2. The smallest absolute Gasteiger partial charge is 0.165 e. The molecular weight excluding hydrogens is 246 g/mol. The molecule has 0 aliphatic carbocycles. The molecule has 0 N–H and O–H groups in total. The largest absolute Gasteiger partial charge is 0.294 e. The van der Waals surface area contributed by atoms with Crippen LogP contribution in [0.15, 0.2) is 48.8 Å². The van der Waals surface area contributed by atoms with E-state index in [0.29, 0.717) is 11.4 Å². The summed E-state index contributed by atoms with van der Waals surface area (Å²) in [7, 11) is 0. The maximum atomic E-state index is 12.2. The zero-order valence-electron chi connectivity index (χ0n) is 10.1. The van der Waals surface area contributed by atoms with Gasteiger partial charge in [0.15, 0.2) is 5.78 Å². The van der Waals surface area contributed by atoms with E-state index < -0.39 is 0 Å². The molecule has 18 heavy (non-hydrogen) atoms. The molecule has 0 bridgehead atoms. The number of nitrogens with zero attached hydrogens (tertiary/aromatic N) is 1. The van der Waals surface area contributed by atoms with Crippen LogP contribution in [0.2, 0.25) is 5.02 Å². The summed E-state index contributed by atoms with van der Waals surface area (Å²) in [5.74, 6) is 0.0516. The summed E-state index contributed by atoms with van der Waals surface area (Å²) >= 11 is 6.05. The second kappa shape index (κ2) is 5.78. The van der Waals surface area contributed by atoms with Crippen molar-refractivity contribution in [3.63, 3.8) is 0 Å². The number of halogens is 1. The van der Waals surface area contributed by atoms with Crippen LogP contribution in [0.25, 0.3) is 0 Å². The zero-order valence-corrected chi connectivity index (χ0v) is 10.9. The van der Waals surface area contributed by atoms with Crippen molar-refractivity contribution in [3.8, 4) is 0 Å². The highest BCUT2D eigenvalue weighted by Crippen LogP contribution is 2.20. The maximum Gasteiger partial charge on any atom is 0.165 e. The average molecular weight is 260 g/mol. The summed E-state index contributed by atoms with van der Waals surface area (Å²) in [6, 6.07) is 11.2. The molecule has 92 valence electrons. The fraction of sp³-hybridized carbons (Fsp3) is 0.200. The number of carbonyl (C=O) groups excluding carboxylic acids is 1. The molecule has 0 aliphatic heterocycles. The summed E-state index contributed by atoms with van der Waals surface area (Å²) in [6.45, 7) is 1.92. The lowest BCUT2D eigenvalue weighted by atomic mass is 9.93. The van der Waals surface area contributed by atoms with Crippen molar-refractivity contribution in [1.29, 1.82) is 0 Å². The lowest BCUT2D eigenvalue weighted by Gasteiger charge is -2.11. The van der Waals surface area contributed by atoms with Crippen LogP contribution >= 0.6 is 11.6 Å². The Morgan fingerprint density at radius 1 is 1.28 bits per heavy atom. The van der Waals surface area contributed by atoms with Gasteiger partial charge in [-0.3, -0.25) is 9.78 Å². The minimum Gasteiger partial charge on any atom is -0.294 e. The van der Waals surface area contributed by atoms with Gasteiger partial charge in [-0.15, -0.1) is 0 Å². The fourth-order valence-corrected chi connectivity index (χ4v) is 2.08. The molecule has 1 aromatic carbocycles. The molecular formula is C15H14ClNO. The molecule has 0 spiro atoms. The van der Waals surface area contributed by atoms with Crippen LogP contribution in [-0.2, 0) is 6.42 Å². The van der Waals surface area contributed by atoms with E-state index in [1.165, 1.54) is 0 Å². The van der Waals surface area contributed by atoms with Crippen molar-refractivity contribution in [2.75, 3.05) is 0 Å². The molecule has 0 saturated heterocycles. The lowest BCUT2D eigenvalue weighted by Crippen LogP contribution is -2.14. The third-order valence-corrected chi connectivity index (χ3v) is 3.23. The Kier molecular flexibility index (Phi) is 4.11. The number of benzene rings is 1. The quantitative estimate of drug-likeness (QED) is 0.782. The van der Waals surface area contributed by atoms with E-state index in [0.717, 1.165) is 11.1 Å². The van der Waals surface area contributed by atoms with Crippen LogP contribution < -0.4 is 0 Å². The number of Topliss-reactive ketones (excluding diaryl/α,β-unsaturated/α-hetero) is 1. The number of ketones is 1. The van der Waals surface area contributed by atoms with Crippen LogP contribution in [0, 0.1) is 5.92 Å². The minimum absolute atomic E-state index is 0.0905. The second-order valence-electron chi connectivity index (χ2n) is 4.30. The third kappa shape index (κ3) is 2.96. The van der Waals surface area contributed by atoms with Gasteiger partial charge in [-0.2, -0.15) is 0 Å². The van der Waals surface area contributed by atoms with Crippen LogP contribution in [0.3, 0.4) is 0 Å². The Labute approximate surface area is 112 Å². The van der Waals surface area contributed by atoms with Crippen LogP contribution in [0.5, 0.6) is 0 Å². The number of carbonyl (C=O) groups is 1. The molecule has 0 aliphatic rings. The molecule has 0 radical (unpaired) electrons. The van der Waals surface area contributed by atoms with Crippen molar-refractivity contribution in [1.82, 2.24) is 4.98 Å². The molecule has 1 unspecified atom stereocenters. The van der Waals surface area contributed by atoms with Crippen molar-refractivity contribution in [2.24, 2.45) is 5.92 Å². The number of aromatic nitrogens is 1. The van der Waals surface area contributed by atoms with Crippen molar-refractivity contribution in [2.45, 2.75) is 13.3 Å². The van der Waals surface area contributed by atoms with Gasteiger partial charge in [0.1, 0.15) is 0 Å². The van der Waals surface area contributed by atoms with Crippen molar-refractivity contribution >= 4 is 17.4 Å². The Morgan fingerprint density at radius 3 is 2.67 bits per heavy atom. The molecule has 0 saturated carbocycles. The fourth-order valence-electron chi connectivity index (χ4n) is 1.88. The molecule has 2 nitrogen and oxygen atoms in total. The normalized spacial score (nSPS) is 12.1. The molecule has 1 atom stereocenters. The molecule has 1 aromatic heterocycles. The summed E-state index contributed by atoms with van der Waals surface area (Å²) < 4.78 is 0. The minimum atomic E-state index is -0.0905. The second-order valence-corrected chi connectivity index (χ2v) is 4.71. The highest BCUT2D eigenvalue weighted by Gasteiger charge is 2.16. The first-order valence-corrected chi connectivity index (χ1v) is 6.24. The van der Waals surface area contributed by atoms with E-state index in [9.17, 15) is 4.79 Å². The molecule has 0 fully saturated rings. The first-order valence-electron chi connectivity index (χ1n) is 5.86. The molecule has 3 heteroatoms. The monoisotopic (exact) mass is 259 g/mol. The summed E-state index contributed by atoms with van der Waals surface area (Å²) in [4.78, 5) is 16.1. The van der Waals surface area contributed by atoms with Crippen LogP contribution in [-0.4, -0.2) is 10.8 Å². The third-order valence-electron chi connectivity index (χ3n) is 2.89. The van der Waals surface area contributed by atoms with Crippen molar-refractivity contribution < 1.29 is 4.79 Å². The van der Waals surface area contributed by atoms with Crippen molar-refractivity contribution in [3.05, 3.63) is 64.9 Å². The summed E-state index contributed by atoms with van der Waals surface area (Å²) in [5.41, 5.74) is 1.71. The van der Waals surface area contributed by atoms with E-state index >= 15 is 0 Å². The van der Waals surface area contributed by atoms with E-state index in [1.807, 2.05) is 43.3 Å². The average Bonchev–Trinajstić information content (AvgIpc) is 2.41. The van der Waals surface area contributed by atoms with Gasteiger partial charge in [0, 0.05) is 23.9 Å². The Hall–Kier alpha value is -1.67. The summed E-state index contributed by atoms with van der Waals surface area (Å²) in [5, 5.41) is 0.616. The molecule has 2 rings (SSSR count). The SMILES string of the molecule is CC(Cc1ccncc1Cl)C(=O)c1ccccc1. The number of rotatable bonds is 4. The molecule has 0 amide bonds. The highest BCUT2D eigenvalue weighted by atomic mass is 35.5. The van der Waals surface area contributed by atoms with Crippen LogP contribution in [0.1, 0.15) is 22.8 Å². The first kappa shape index (κ1) is 12.8. The van der Waals surface area contributed by atoms with Crippen LogP contribution in [0.4, 0.5) is 0 Å². The van der Waals surface area contributed by atoms with Gasteiger partial charge in [-0.1, -0.05) is 48.9 Å². The first-order chi connectivity index (χ1) is 8.68.